The SMILES string of the molecule is CNC(c1ccc(Br)o1)c1ccccc1F. The number of hydrogen-bond donors (Lipinski definition) is 1. The second kappa shape index (κ2) is 4.80. The summed E-state index contributed by atoms with van der Waals surface area (Å²) in [6.07, 6.45) is 0. The van der Waals surface area contributed by atoms with Crippen molar-refractivity contribution >= 4 is 15.9 Å². The maximum absolute atomic E-state index is 13.6. The van der Waals surface area contributed by atoms with Crippen LogP contribution >= 0.6 is 15.9 Å². The fourth-order valence-electron chi connectivity index (χ4n) is 1.64. The number of furan rings is 1. The lowest BCUT2D eigenvalue weighted by Crippen LogP contribution is -2.18. The first kappa shape index (κ1) is 11.4. The number of nitrogens with one attached hydrogen (secondary N) is 1. The lowest BCUT2D eigenvalue weighted by molar-refractivity contribution is 0.438. The summed E-state index contributed by atoms with van der Waals surface area (Å²) in [6.45, 7) is 0. The molecule has 2 nitrogen and oxygen atoms in total. The van der Waals surface area contributed by atoms with Crippen LogP contribution in [-0.4, -0.2) is 7.05 Å². The van der Waals surface area contributed by atoms with Gasteiger partial charge in [0.15, 0.2) is 4.67 Å². The maximum Gasteiger partial charge on any atom is 0.169 e. The van der Waals surface area contributed by atoms with Crippen molar-refractivity contribution in [3.8, 4) is 0 Å². The van der Waals surface area contributed by atoms with Crippen molar-refractivity contribution in [3.05, 3.63) is 58.2 Å². The fraction of sp³-hybridized carbons (Fsp3) is 0.167. The predicted molar refractivity (Wildman–Crippen MR) is 63.7 cm³/mol. The highest BCUT2D eigenvalue weighted by molar-refractivity contribution is 9.10. The fourth-order valence-corrected chi connectivity index (χ4v) is 1.96. The smallest absolute Gasteiger partial charge is 0.169 e. The molecular weight excluding hydrogens is 273 g/mol. The molecule has 0 amide bonds. The Labute approximate surface area is 102 Å². The van der Waals surface area contributed by atoms with Crippen molar-refractivity contribution in [1.82, 2.24) is 5.32 Å². The van der Waals surface area contributed by atoms with Gasteiger partial charge >= 0.3 is 0 Å². The molecule has 84 valence electrons. The third kappa shape index (κ3) is 2.18. The summed E-state index contributed by atoms with van der Waals surface area (Å²) in [5.74, 6) is 0.439. The molecule has 0 aliphatic rings. The molecule has 1 aromatic heterocycles. The number of hydrogen-bond acceptors (Lipinski definition) is 2. The first-order chi connectivity index (χ1) is 7.72. The highest BCUT2D eigenvalue weighted by Crippen LogP contribution is 2.27. The molecule has 0 spiro atoms. The van der Waals surface area contributed by atoms with E-state index in [0.717, 1.165) is 0 Å². The molecule has 2 aromatic rings. The van der Waals surface area contributed by atoms with Crippen LogP contribution < -0.4 is 5.32 Å². The summed E-state index contributed by atoms with van der Waals surface area (Å²) < 4.78 is 19.7. The van der Waals surface area contributed by atoms with Crippen molar-refractivity contribution in [2.45, 2.75) is 6.04 Å². The van der Waals surface area contributed by atoms with E-state index in [2.05, 4.69) is 21.2 Å². The van der Waals surface area contributed by atoms with E-state index in [1.807, 2.05) is 6.07 Å². The molecule has 1 aromatic carbocycles. The molecule has 0 radical (unpaired) electrons. The third-order valence-corrected chi connectivity index (χ3v) is 2.81. The number of benzene rings is 1. The van der Waals surface area contributed by atoms with Crippen LogP contribution in [0, 0.1) is 5.82 Å². The molecule has 1 unspecified atom stereocenters. The molecule has 0 bridgehead atoms. The van der Waals surface area contributed by atoms with E-state index < -0.39 is 0 Å². The van der Waals surface area contributed by atoms with E-state index in [0.29, 0.717) is 16.0 Å². The first-order valence-electron chi connectivity index (χ1n) is 4.89. The Morgan fingerprint density at radius 3 is 2.56 bits per heavy atom. The van der Waals surface area contributed by atoms with Crippen molar-refractivity contribution in [2.24, 2.45) is 0 Å². The van der Waals surface area contributed by atoms with E-state index in [1.165, 1.54) is 6.07 Å². The quantitative estimate of drug-likeness (QED) is 0.933. The summed E-state index contributed by atoms with van der Waals surface area (Å²) in [5, 5.41) is 3.03. The monoisotopic (exact) mass is 283 g/mol. The largest absolute Gasteiger partial charge is 0.452 e. The Balaban J connectivity index is 2.40. The molecular formula is C12H11BrFNO. The van der Waals surface area contributed by atoms with Crippen LogP contribution in [0.1, 0.15) is 17.4 Å². The maximum atomic E-state index is 13.6. The van der Waals surface area contributed by atoms with Gasteiger partial charge in [-0.25, -0.2) is 4.39 Å². The zero-order valence-corrected chi connectivity index (χ0v) is 10.3. The summed E-state index contributed by atoms with van der Waals surface area (Å²) in [4.78, 5) is 0. The minimum absolute atomic E-state index is 0.241. The highest BCUT2D eigenvalue weighted by atomic mass is 79.9. The van der Waals surface area contributed by atoms with Gasteiger partial charge in [0.25, 0.3) is 0 Å². The molecule has 0 saturated heterocycles. The molecule has 1 heterocycles. The third-order valence-electron chi connectivity index (χ3n) is 2.38. The Hall–Kier alpha value is -1.13. The van der Waals surface area contributed by atoms with Crippen LogP contribution in [0.5, 0.6) is 0 Å². The molecule has 1 atom stereocenters. The Morgan fingerprint density at radius 1 is 1.25 bits per heavy atom. The van der Waals surface area contributed by atoms with Crippen LogP contribution in [0.15, 0.2) is 45.5 Å². The summed E-state index contributed by atoms with van der Waals surface area (Å²) in [5.41, 5.74) is 0.576. The molecule has 16 heavy (non-hydrogen) atoms. The van der Waals surface area contributed by atoms with Crippen LogP contribution in [0.2, 0.25) is 0 Å². The standard InChI is InChI=1S/C12H11BrFNO/c1-15-12(10-6-7-11(13)16-10)8-4-2-3-5-9(8)14/h2-7,12,15H,1H3. The molecule has 1 N–H and O–H groups in total. The number of rotatable bonds is 3. The van der Waals surface area contributed by atoms with E-state index >= 15 is 0 Å². The summed E-state index contributed by atoms with van der Waals surface area (Å²) in [6, 6.07) is 10.0. The van der Waals surface area contributed by atoms with E-state index in [9.17, 15) is 4.39 Å². The van der Waals surface area contributed by atoms with Crippen molar-refractivity contribution < 1.29 is 8.81 Å². The second-order valence-electron chi connectivity index (χ2n) is 3.39. The van der Waals surface area contributed by atoms with Gasteiger partial charge in [-0.2, -0.15) is 0 Å². The van der Waals surface area contributed by atoms with Crippen molar-refractivity contribution in [2.75, 3.05) is 7.05 Å². The lowest BCUT2D eigenvalue weighted by atomic mass is 10.0. The van der Waals surface area contributed by atoms with Gasteiger partial charge < -0.3 is 9.73 Å². The van der Waals surface area contributed by atoms with Gasteiger partial charge in [0.2, 0.25) is 0 Å². The number of halogens is 2. The van der Waals surface area contributed by atoms with Gasteiger partial charge in [0.05, 0.1) is 6.04 Å². The highest BCUT2D eigenvalue weighted by Gasteiger charge is 2.18. The Morgan fingerprint density at radius 2 is 2.00 bits per heavy atom. The van der Waals surface area contributed by atoms with Crippen molar-refractivity contribution in [3.63, 3.8) is 0 Å². The summed E-state index contributed by atoms with van der Waals surface area (Å²) >= 11 is 3.23. The zero-order chi connectivity index (χ0) is 11.5. The Kier molecular flexibility index (Phi) is 3.41. The minimum Gasteiger partial charge on any atom is -0.452 e. The van der Waals surface area contributed by atoms with Gasteiger partial charge in [-0.3, -0.25) is 0 Å². The topological polar surface area (TPSA) is 25.2 Å². The predicted octanol–water partition coefficient (Wildman–Crippen LogP) is 3.49. The normalized spacial score (nSPS) is 12.7. The zero-order valence-electron chi connectivity index (χ0n) is 8.71. The molecule has 0 fully saturated rings. The van der Waals surface area contributed by atoms with Crippen LogP contribution in [0.25, 0.3) is 0 Å². The minimum atomic E-state index is -0.271. The second-order valence-corrected chi connectivity index (χ2v) is 4.17. The first-order valence-corrected chi connectivity index (χ1v) is 5.68. The van der Waals surface area contributed by atoms with Gasteiger partial charge in [-0.15, -0.1) is 0 Å². The van der Waals surface area contributed by atoms with Crippen LogP contribution in [-0.2, 0) is 0 Å². The van der Waals surface area contributed by atoms with Gasteiger partial charge in [-0.1, -0.05) is 18.2 Å². The molecule has 0 saturated carbocycles. The summed E-state index contributed by atoms with van der Waals surface area (Å²) in [7, 11) is 1.77. The Bertz CT molecular complexity index is 483. The molecule has 0 aliphatic heterocycles. The van der Waals surface area contributed by atoms with E-state index in [1.54, 1.807) is 31.3 Å². The molecule has 2 rings (SSSR count). The average molecular weight is 284 g/mol. The van der Waals surface area contributed by atoms with Crippen molar-refractivity contribution in [1.29, 1.82) is 0 Å². The van der Waals surface area contributed by atoms with E-state index in [4.69, 9.17) is 4.42 Å². The van der Waals surface area contributed by atoms with Crippen LogP contribution in [0.3, 0.4) is 0 Å². The van der Waals surface area contributed by atoms with Gasteiger partial charge in [-0.05, 0) is 41.2 Å². The molecule has 4 heteroatoms. The van der Waals surface area contributed by atoms with Gasteiger partial charge in [0.1, 0.15) is 11.6 Å². The van der Waals surface area contributed by atoms with Crippen LogP contribution in [0.4, 0.5) is 4.39 Å². The molecule has 0 aliphatic carbocycles. The average Bonchev–Trinajstić information content (AvgIpc) is 2.69. The van der Waals surface area contributed by atoms with E-state index in [-0.39, 0.29) is 11.9 Å². The van der Waals surface area contributed by atoms with Gasteiger partial charge in [0, 0.05) is 5.56 Å². The lowest BCUT2D eigenvalue weighted by Gasteiger charge is -2.14.